The van der Waals surface area contributed by atoms with Crippen LogP contribution in [0.4, 0.5) is 17.6 Å². The van der Waals surface area contributed by atoms with Crippen molar-refractivity contribution in [1.29, 1.82) is 0 Å². The number of hydrogen-bond acceptors (Lipinski definition) is 6. The lowest BCUT2D eigenvalue weighted by Crippen LogP contribution is -2.42. The first-order valence-electron chi connectivity index (χ1n) is 9.60. The van der Waals surface area contributed by atoms with Crippen LogP contribution in [-0.4, -0.2) is 49.9 Å². The predicted octanol–water partition coefficient (Wildman–Crippen LogP) is 4.02. The molecule has 0 N–H and O–H groups in total. The van der Waals surface area contributed by atoms with E-state index in [2.05, 4.69) is 19.9 Å². The van der Waals surface area contributed by atoms with Gasteiger partial charge in [-0.2, -0.15) is 13.2 Å². The lowest BCUT2D eigenvalue weighted by atomic mass is 10.0. The van der Waals surface area contributed by atoms with Crippen LogP contribution in [-0.2, 0) is 6.18 Å². The summed E-state index contributed by atoms with van der Waals surface area (Å²) in [5.74, 6) is -0.835. The molecule has 2 heterocycles. The molecule has 0 aliphatic rings. The van der Waals surface area contributed by atoms with Gasteiger partial charge in [0.05, 0.1) is 24.0 Å². The van der Waals surface area contributed by atoms with Crippen LogP contribution < -0.4 is 4.74 Å². The smallest absolute Gasteiger partial charge is 0.434 e. The van der Waals surface area contributed by atoms with Gasteiger partial charge in [0.25, 0.3) is 5.91 Å². The molecule has 2 aromatic heterocycles. The third-order valence-electron chi connectivity index (χ3n) is 4.54. The van der Waals surface area contributed by atoms with Crippen molar-refractivity contribution >= 4 is 5.91 Å². The van der Waals surface area contributed by atoms with Gasteiger partial charge in [-0.05, 0) is 38.1 Å². The Bertz CT molecular complexity index is 1060. The fourth-order valence-electron chi connectivity index (χ4n) is 2.97. The quantitative estimate of drug-likeness (QED) is 0.507. The van der Waals surface area contributed by atoms with E-state index in [0.717, 1.165) is 6.20 Å². The molecular weight excluding hydrogens is 430 g/mol. The molecular formula is C21H19F4N5O2. The van der Waals surface area contributed by atoms with E-state index in [4.69, 9.17) is 4.74 Å². The van der Waals surface area contributed by atoms with Crippen LogP contribution in [0.15, 0.2) is 49.1 Å². The molecule has 3 rings (SSSR count). The number of rotatable bonds is 7. The van der Waals surface area contributed by atoms with Crippen LogP contribution in [0.2, 0.25) is 0 Å². The van der Waals surface area contributed by atoms with Crippen LogP contribution in [0.5, 0.6) is 5.88 Å². The molecule has 168 valence electrons. The summed E-state index contributed by atoms with van der Waals surface area (Å²) in [4.78, 5) is 29.8. The molecule has 0 spiro atoms. The molecule has 0 saturated heterocycles. The zero-order chi connectivity index (χ0) is 23.3. The molecule has 0 bridgehead atoms. The van der Waals surface area contributed by atoms with E-state index in [1.165, 1.54) is 35.5 Å². The van der Waals surface area contributed by atoms with Gasteiger partial charge >= 0.3 is 6.18 Å². The van der Waals surface area contributed by atoms with Gasteiger partial charge in [0, 0.05) is 24.5 Å². The van der Waals surface area contributed by atoms with Crippen molar-refractivity contribution in [2.75, 3.05) is 13.2 Å². The van der Waals surface area contributed by atoms with Crippen LogP contribution in [0.1, 0.15) is 29.9 Å². The standard InChI is InChI=1S/C21H19F4N5O2/c1-3-30(13(2)12-32-18-11-28-17(10-29-18)21(23,24)25)20(31)15-6-5-14(22)9-16(15)19-26-7-4-8-27-19/h4-11,13H,3,12H2,1-2H3. The Morgan fingerprint density at radius 1 is 1.12 bits per heavy atom. The van der Waals surface area contributed by atoms with E-state index >= 15 is 0 Å². The van der Waals surface area contributed by atoms with Crippen LogP contribution in [0, 0.1) is 5.82 Å². The van der Waals surface area contributed by atoms with Crippen molar-refractivity contribution < 1.29 is 27.1 Å². The Hall–Kier alpha value is -3.63. The molecule has 1 atom stereocenters. The number of aromatic nitrogens is 4. The Labute approximate surface area is 181 Å². The second-order valence-electron chi connectivity index (χ2n) is 6.75. The molecule has 0 fully saturated rings. The molecule has 7 nitrogen and oxygen atoms in total. The van der Waals surface area contributed by atoms with Gasteiger partial charge in [0.2, 0.25) is 5.88 Å². The molecule has 0 aliphatic carbocycles. The first-order valence-corrected chi connectivity index (χ1v) is 9.60. The zero-order valence-electron chi connectivity index (χ0n) is 17.2. The maximum atomic E-state index is 13.9. The normalized spacial score (nSPS) is 12.3. The molecule has 1 amide bonds. The van der Waals surface area contributed by atoms with Gasteiger partial charge in [-0.25, -0.2) is 24.3 Å². The molecule has 0 saturated carbocycles. The van der Waals surface area contributed by atoms with Crippen LogP contribution in [0.25, 0.3) is 11.4 Å². The second-order valence-corrected chi connectivity index (χ2v) is 6.75. The fraction of sp³-hybridized carbons (Fsp3) is 0.286. The maximum absolute atomic E-state index is 13.9. The summed E-state index contributed by atoms with van der Waals surface area (Å²) >= 11 is 0. The van der Waals surface area contributed by atoms with Gasteiger partial charge in [-0.3, -0.25) is 4.79 Å². The van der Waals surface area contributed by atoms with Crippen LogP contribution >= 0.6 is 0 Å². The number of nitrogens with zero attached hydrogens (tertiary/aromatic N) is 5. The molecule has 32 heavy (non-hydrogen) atoms. The Morgan fingerprint density at radius 3 is 2.44 bits per heavy atom. The number of alkyl halides is 3. The summed E-state index contributed by atoms with van der Waals surface area (Å²) in [6, 6.07) is 4.85. The van der Waals surface area contributed by atoms with Crippen molar-refractivity contribution in [3.8, 4) is 17.3 Å². The average Bonchev–Trinajstić information content (AvgIpc) is 2.78. The van der Waals surface area contributed by atoms with Crippen molar-refractivity contribution in [1.82, 2.24) is 24.8 Å². The number of benzene rings is 1. The highest BCUT2D eigenvalue weighted by Crippen LogP contribution is 2.27. The summed E-state index contributed by atoms with van der Waals surface area (Å²) in [5.41, 5.74) is -0.674. The summed E-state index contributed by atoms with van der Waals surface area (Å²) in [5, 5.41) is 0. The predicted molar refractivity (Wildman–Crippen MR) is 106 cm³/mol. The van der Waals surface area contributed by atoms with E-state index < -0.39 is 29.6 Å². The second kappa shape index (κ2) is 9.67. The molecule has 3 aromatic rings. The average molecular weight is 449 g/mol. The van der Waals surface area contributed by atoms with E-state index in [1.807, 2.05) is 0 Å². The highest BCUT2D eigenvalue weighted by atomic mass is 19.4. The summed E-state index contributed by atoms with van der Waals surface area (Å²) in [6.07, 6.45) is -0.174. The fourth-order valence-corrected chi connectivity index (χ4v) is 2.97. The van der Waals surface area contributed by atoms with Crippen molar-refractivity contribution in [3.63, 3.8) is 0 Å². The number of ether oxygens (including phenoxy) is 1. The third kappa shape index (κ3) is 5.34. The van der Waals surface area contributed by atoms with E-state index in [-0.39, 0.29) is 29.4 Å². The SMILES string of the molecule is CCN(C(=O)c1ccc(F)cc1-c1ncccn1)C(C)COc1cnc(C(F)(F)F)cn1. The Kier molecular flexibility index (Phi) is 6.96. The largest absolute Gasteiger partial charge is 0.474 e. The first kappa shape index (κ1) is 23.0. The molecule has 0 radical (unpaired) electrons. The topological polar surface area (TPSA) is 81.1 Å². The lowest BCUT2D eigenvalue weighted by Gasteiger charge is -2.28. The third-order valence-corrected chi connectivity index (χ3v) is 4.54. The van der Waals surface area contributed by atoms with Gasteiger partial charge in [-0.15, -0.1) is 0 Å². The minimum absolute atomic E-state index is 0.0437. The van der Waals surface area contributed by atoms with E-state index in [9.17, 15) is 22.4 Å². The zero-order valence-corrected chi connectivity index (χ0v) is 17.2. The van der Waals surface area contributed by atoms with Gasteiger partial charge in [0.15, 0.2) is 11.5 Å². The van der Waals surface area contributed by atoms with Gasteiger partial charge in [0.1, 0.15) is 12.4 Å². The van der Waals surface area contributed by atoms with E-state index in [0.29, 0.717) is 12.7 Å². The monoisotopic (exact) mass is 449 g/mol. The first-order chi connectivity index (χ1) is 15.2. The molecule has 11 heteroatoms. The molecule has 0 aliphatic heterocycles. The molecule has 1 aromatic carbocycles. The molecule has 1 unspecified atom stereocenters. The number of halogens is 4. The van der Waals surface area contributed by atoms with Crippen molar-refractivity contribution in [2.24, 2.45) is 0 Å². The number of amides is 1. The number of hydrogen-bond donors (Lipinski definition) is 0. The van der Waals surface area contributed by atoms with E-state index in [1.54, 1.807) is 19.9 Å². The van der Waals surface area contributed by atoms with Crippen molar-refractivity contribution in [3.05, 3.63) is 66.1 Å². The highest BCUT2D eigenvalue weighted by molar-refractivity contribution is 6.00. The summed E-state index contributed by atoms with van der Waals surface area (Å²) in [6.45, 7) is 3.72. The number of carbonyl (C=O) groups excluding carboxylic acids is 1. The summed E-state index contributed by atoms with van der Waals surface area (Å²) < 4.78 is 57.1. The minimum atomic E-state index is -4.60. The number of carbonyl (C=O) groups is 1. The maximum Gasteiger partial charge on any atom is 0.434 e. The highest BCUT2D eigenvalue weighted by Gasteiger charge is 2.33. The lowest BCUT2D eigenvalue weighted by molar-refractivity contribution is -0.141. The Balaban J connectivity index is 1.76. The Morgan fingerprint density at radius 2 is 1.84 bits per heavy atom. The summed E-state index contributed by atoms with van der Waals surface area (Å²) in [7, 11) is 0. The number of likely N-dealkylation sites (N-methyl/N-ethyl adjacent to an activating group) is 1. The van der Waals surface area contributed by atoms with Crippen molar-refractivity contribution in [2.45, 2.75) is 26.1 Å². The minimum Gasteiger partial charge on any atom is -0.474 e. The van der Waals surface area contributed by atoms with Gasteiger partial charge < -0.3 is 9.64 Å². The van der Waals surface area contributed by atoms with Crippen LogP contribution in [0.3, 0.4) is 0 Å². The van der Waals surface area contributed by atoms with Gasteiger partial charge in [-0.1, -0.05) is 0 Å².